The molecule has 0 radical (unpaired) electrons. The van der Waals surface area contributed by atoms with E-state index in [1.54, 1.807) is 12.1 Å². The molecule has 3 nitrogen and oxygen atoms in total. The van der Waals surface area contributed by atoms with Crippen LogP contribution >= 0.6 is 0 Å². The Bertz CT molecular complexity index is 682. The predicted octanol–water partition coefficient (Wildman–Crippen LogP) is 3.36. The second-order valence-corrected chi connectivity index (χ2v) is 6.68. The van der Waals surface area contributed by atoms with E-state index < -0.39 is 6.10 Å². The van der Waals surface area contributed by atoms with Gasteiger partial charge < -0.3 is 15.2 Å². The summed E-state index contributed by atoms with van der Waals surface area (Å²) in [5.74, 6) is 0.669. The molecule has 0 aliphatic carbocycles. The van der Waals surface area contributed by atoms with E-state index in [4.69, 9.17) is 4.74 Å². The van der Waals surface area contributed by atoms with E-state index in [-0.39, 0.29) is 11.4 Å². The van der Waals surface area contributed by atoms with E-state index in [1.165, 1.54) is 17.7 Å². The van der Waals surface area contributed by atoms with Gasteiger partial charge in [0.2, 0.25) is 0 Å². The zero-order chi connectivity index (χ0) is 16.4. The molecular weight excluding hydrogens is 293 g/mol. The maximum atomic E-state index is 12.9. The summed E-state index contributed by atoms with van der Waals surface area (Å²) in [5.41, 5.74) is 2.97. The topological polar surface area (TPSA) is 41.5 Å². The van der Waals surface area contributed by atoms with Crippen LogP contribution in [0.25, 0.3) is 0 Å². The molecular formula is C19H22FNO2. The number of benzene rings is 2. The number of hydrogen-bond donors (Lipinski definition) is 2. The Labute approximate surface area is 136 Å². The number of rotatable bonds is 5. The lowest BCUT2D eigenvalue weighted by atomic mass is 10.0. The average Bonchev–Trinajstić information content (AvgIpc) is 2.81. The molecule has 0 bridgehead atoms. The molecule has 2 aromatic carbocycles. The second kappa shape index (κ2) is 6.30. The summed E-state index contributed by atoms with van der Waals surface area (Å²) in [5, 5.41) is 13.3. The maximum absolute atomic E-state index is 12.9. The molecule has 3 rings (SSSR count). The number of halogens is 1. The highest BCUT2D eigenvalue weighted by Crippen LogP contribution is 2.35. The van der Waals surface area contributed by atoms with E-state index in [1.807, 2.05) is 12.1 Å². The normalized spacial score (nSPS) is 16.7. The number of aliphatic hydroxyl groups is 1. The van der Waals surface area contributed by atoms with Crippen molar-refractivity contribution in [3.8, 4) is 5.75 Å². The molecule has 2 aromatic rings. The number of fused-ring (bicyclic) bond motifs is 1. The van der Waals surface area contributed by atoms with Crippen LogP contribution in [0.2, 0.25) is 0 Å². The summed E-state index contributed by atoms with van der Waals surface area (Å²) in [6.45, 7) is 5.27. The lowest BCUT2D eigenvalue weighted by Gasteiger charge is -2.16. The van der Waals surface area contributed by atoms with Gasteiger partial charge in [-0.3, -0.25) is 0 Å². The van der Waals surface area contributed by atoms with Crippen LogP contribution in [-0.2, 0) is 13.0 Å². The van der Waals surface area contributed by atoms with Crippen LogP contribution in [0.3, 0.4) is 0 Å². The van der Waals surface area contributed by atoms with Crippen LogP contribution in [0.5, 0.6) is 5.75 Å². The van der Waals surface area contributed by atoms with E-state index in [0.717, 1.165) is 17.7 Å². The molecule has 0 fully saturated rings. The summed E-state index contributed by atoms with van der Waals surface area (Å²) in [7, 11) is 0. The van der Waals surface area contributed by atoms with Gasteiger partial charge >= 0.3 is 0 Å². The first-order valence-electron chi connectivity index (χ1n) is 7.88. The summed E-state index contributed by atoms with van der Waals surface area (Å²) < 4.78 is 18.7. The third-order valence-electron chi connectivity index (χ3n) is 4.05. The molecule has 0 saturated carbocycles. The van der Waals surface area contributed by atoms with Crippen molar-refractivity contribution < 1.29 is 14.2 Å². The first-order chi connectivity index (χ1) is 10.9. The van der Waals surface area contributed by atoms with E-state index >= 15 is 0 Å². The molecule has 1 atom stereocenters. The third kappa shape index (κ3) is 3.89. The maximum Gasteiger partial charge on any atom is 0.123 e. The van der Waals surface area contributed by atoms with Gasteiger partial charge in [-0.1, -0.05) is 24.3 Å². The Morgan fingerprint density at radius 3 is 2.70 bits per heavy atom. The summed E-state index contributed by atoms with van der Waals surface area (Å²) in [6.07, 6.45) is 0.265. The molecule has 122 valence electrons. The Morgan fingerprint density at radius 2 is 1.96 bits per heavy atom. The highest BCUT2D eigenvalue weighted by molar-refractivity contribution is 5.41. The minimum Gasteiger partial charge on any atom is -0.487 e. The Morgan fingerprint density at radius 1 is 1.22 bits per heavy atom. The molecule has 4 heteroatoms. The van der Waals surface area contributed by atoms with E-state index in [2.05, 4.69) is 25.2 Å². The Kier molecular flexibility index (Phi) is 4.37. The Hall–Kier alpha value is -1.91. The van der Waals surface area contributed by atoms with Crippen molar-refractivity contribution in [3.63, 3.8) is 0 Å². The lowest BCUT2D eigenvalue weighted by molar-refractivity contribution is 0.138. The van der Waals surface area contributed by atoms with Crippen LogP contribution in [0.15, 0.2) is 42.5 Å². The molecule has 1 aliphatic heterocycles. The number of hydrogen-bond acceptors (Lipinski definition) is 3. The smallest absolute Gasteiger partial charge is 0.123 e. The molecule has 0 spiro atoms. The zero-order valence-corrected chi connectivity index (χ0v) is 13.5. The first-order valence-corrected chi connectivity index (χ1v) is 7.88. The van der Waals surface area contributed by atoms with Crippen molar-refractivity contribution in [2.75, 3.05) is 6.54 Å². The highest BCUT2D eigenvalue weighted by atomic mass is 19.1. The van der Waals surface area contributed by atoms with Crippen molar-refractivity contribution in [2.45, 2.75) is 38.5 Å². The zero-order valence-electron chi connectivity index (χ0n) is 13.5. The molecule has 0 amide bonds. The van der Waals surface area contributed by atoms with Gasteiger partial charge in [-0.25, -0.2) is 4.39 Å². The molecule has 2 N–H and O–H groups in total. The minimum absolute atomic E-state index is 0.132. The third-order valence-corrected chi connectivity index (χ3v) is 4.05. The van der Waals surface area contributed by atoms with Crippen molar-refractivity contribution in [1.82, 2.24) is 5.32 Å². The van der Waals surface area contributed by atoms with Gasteiger partial charge in [0, 0.05) is 19.5 Å². The molecule has 0 aromatic heterocycles. The first kappa shape index (κ1) is 16.0. The molecule has 1 heterocycles. The SMILES string of the molecule is CC1(C)Cc2cc(CNCC(O)c3ccc(F)cc3)ccc2O1. The summed E-state index contributed by atoms with van der Waals surface area (Å²) in [6, 6.07) is 12.1. The van der Waals surface area contributed by atoms with Gasteiger partial charge in [-0.2, -0.15) is 0 Å². The molecule has 1 aliphatic rings. The van der Waals surface area contributed by atoms with Crippen molar-refractivity contribution in [2.24, 2.45) is 0 Å². The van der Waals surface area contributed by atoms with Gasteiger partial charge in [-0.05, 0) is 48.7 Å². The fourth-order valence-corrected chi connectivity index (χ4v) is 2.93. The van der Waals surface area contributed by atoms with Crippen LogP contribution in [0, 0.1) is 5.82 Å². The number of nitrogens with one attached hydrogen (secondary N) is 1. The molecule has 1 unspecified atom stereocenters. The second-order valence-electron chi connectivity index (χ2n) is 6.68. The minimum atomic E-state index is -0.646. The molecule has 0 saturated heterocycles. The van der Waals surface area contributed by atoms with Gasteiger partial charge in [-0.15, -0.1) is 0 Å². The fraction of sp³-hybridized carbons (Fsp3) is 0.368. The van der Waals surface area contributed by atoms with E-state index in [0.29, 0.717) is 18.7 Å². The standard InChI is InChI=1S/C19H22FNO2/c1-19(2)10-15-9-13(3-8-18(15)23-19)11-21-12-17(22)14-4-6-16(20)7-5-14/h3-9,17,21-22H,10-12H2,1-2H3. The monoisotopic (exact) mass is 315 g/mol. The largest absolute Gasteiger partial charge is 0.487 e. The average molecular weight is 315 g/mol. The van der Waals surface area contributed by atoms with Crippen molar-refractivity contribution in [1.29, 1.82) is 0 Å². The Balaban J connectivity index is 1.54. The van der Waals surface area contributed by atoms with Gasteiger partial charge in [0.1, 0.15) is 17.2 Å². The highest BCUT2D eigenvalue weighted by Gasteiger charge is 2.29. The van der Waals surface area contributed by atoms with E-state index in [9.17, 15) is 9.50 Å². The number of ether oxygens (including phenoxy) is 1. The lowest BCUT2D eigenvalue weighted by Crippen LogP contribution is -2.24. The fourth-order valence-electron chi connectivity index (χ4n) is 2.93. The molecule has 23 heavy (non-hydrogen) atoms. The van der Waals surface area contributed by atoms with Crippen LogP contribution < -0.4 is 10.1 Å². The van der Waals surface area contributed by atoms with Crippen molar-refractivity contribution in [3.05, 3.63) is 65.0 Å². The summed E-state index contributed by atoms with van der Waals surface area (Å²) >= 11 is 0. The van der Waals surface area contributed by atoms with Gasteiger partial charge in [0.15, 0.2) is 0 Å². The quantitative estimate of drug-likeness (QED) is 0.889. The van der Waals surface area contributed by atoms with Gasteiger partial charge in [0.05, 0.1) is 6.10 Å². The van der Waals surface area contributed by atoms with Crippen molar-refractivity contribution >= 4 is 0 Å². The van der Waals surface area contributed by atoms with Crippen LogP contribution in [0.4, 0.5) is 4.39 Å². The van der Waals surface area contributed by atoms with Crippen LogP contribution in [0.1, 0.15) is 36.6 Å². The number of aliphatic hydroxyl groups excluding tert-OH is 1. The predicted molar refractivity (Wildman–Crippen MR) is 87.9 cm³/mol. The van der Waals surface area contributed by atoms with Crippen LogP contribution in [-0.4, -0.2) is 17.3 Å². The van der Waals surface area contributed by atoms with Gasteiger partial charge in [0.25, 0.3) is 0 Å². The summed E-state index contributed by atoms with van der Waals surface area (Å²) in [4.78, 5) is 0.